The molecule has 72 valence electrons. The Labute approximate surface area is 83.7 Å². The highest BCUT2D eigenvalue weighted by Crippen LogP contribution is 1.98. The van der Waals surface area contributed by atoms with Gasteiger partial charge in [0.2, 0.25) is 5.91 Å². The molecule has 0 heterocycles. The molecule has 0 spiro atoms. The third-order valence-electron chi connectivity index (χ3n) is 1.03. The molecule has 0 aliphatic rings. The number of nitrogens with two attached hydrogens (primary N) is 1. The third kappa shape index (κ3) is 33.0. The van der Waals surface area contributed by atoms with Gasteiger partial charge < -0.3 is 5.73 Å². The number of primary amides is 1. The minimum atomic E-state index is -0.182. The van der Waals surface area contributed by atoms with Gasteiger partial charge in [-0.25, -0.2) is 0 Å². The monoisotopic (exact) mass is 211 g/mol. The second-order valence-corrected chi connectivity index (χ2v) is 3.37. The van der Waals surface area contributed by atoms with Crippen LogP contribution in [-0.4, -0.2) is 5.91 Å². The summed E-state index contributed by atoms with van der Waals surface area (Å²) < 4.78 is 0.111. The molecule has 0 aromatic carbocycles. The van der Waals surface area contributed by atoms with Crippen molar-refractivity contribution in [3.8, 4) is 0 Å². The smallest absolute Gasteiger partial charge is 0.217 e. The Balaban J connectivity index is 0. The van der Waals surface area contributed by atoms with Crippen LogP contribution in [-0.2, 0) is 4.79 Å². The van der Waals surface area contributed by atoms with Crippen molar-refractivity contribution < 1.29 is 4.79 Å². The van der Waals surface area contributed by atoms with E-state index in [0.29, 0.717) is 6.42 Å². The van der Waals surface area contributed by atoms with E-state index in [2.05, 4.69) is 13.5 Å². The molecule has 0 fully saturated rings. The predicted octanol–water partition coefficient (Wildman–Crippen LogP) is 2.99. The molecule has 0 saturated heterocycles. The van der Waals surface area contributed by atoms with Gasteiger partial charge in [-0.15, -0.1) is 0 Å². The van der Waals surface area contributed by atoms with Crippen molar-refractivity contribution in [1.29, 1.82) is 0 Å². The van der Waals surface area contributed by atoms with Gasteiger partial charge in [0.1, 0.15) is 0 Å². The van der Waals surface area contributed by atoms with Crippen LogP contribution in [0.25, 0.3) is 0 Å². The lowest BCUT2D eigenvalue weighted by atomic mass is 10.2. The van der Waals surface area contributed by atoms with Crippen LogP contribution in [0.5, 0.6) is 0 Å². The topological polar surface area (TPSA) is 43.1 Å². The van der Waals surface area contributed by atoms with E-state index in [4.69, 9.17) is 28.9 Å². The fraction of sp³-hybridized carbons (Fsp3) is 0.625. The lowest BCUT2D eigenvalue weighted by molar-refractivity contribution is -0.118. The zero-order valence-corrected chi connectivity index (χ0v) is 8.79. The maximum Gasteiger partial charge on any atom is 0.217 e. The molecule has 0 bridgehead atoms. The van der Waals surface area contributed by atoms with E-state index >= 15 is 0 Å². The summed E-state index contributed by atoms with van der Waals surface area (Å²) in [6, 6.07) is 0. The van der Waals surface area contributed by atoms with Crippen molar-refractivity contribution in [3.63, 3.8) is 0 Å². The number of carbonyl (C=O) groups excluding carboxylic acids is 1. The molecule has 2 nitrogen and oxygen atoms in total. The number of carbonyl (C=O) groups is 1. The lowest BCUT2D eigenvalue weighted by Crippen LogP contribution is -2.09. The largest absolute Gasteiger partial charge is 0.370 e. The highest BCUT2D eigenvalue weighted by atomic mass is 35.5. The maximum atomic E-state index is 10.1. The second kappa shape index (κ2) is 10.8. The summed E-state index contributed by atoms with van der Waals surface area (Å²) in [5.41, 5.74) is 4.89. The van der Waals surface area contributed by atoms with Crippen LogP contribution in [0.1, 0.15) is 32.6 Å². The molecule has 0 radical (unpaired) electrons. The first-order chi connectivity index (χ1) is 5.50. The van der Waals surface area contributed by atoms with Gasteiger partial charge in [-0.1, -0.05) is 49.5 Å². The molecular formula is C8H15Cl2NO. The minimum absolute atomic E-state index is 0.111. The molecule has 0 saturated carbocycles. The molecule has 2 N–H and O–H groups in total. The van der Waals surface area contributed by atoms with Crippen molar-refractivity contribution in [1.82, 2.24) is 0 Å². The average molecular weight is 212 g/mol. The molecule has 0 aliphatic carbocycles. The Morgan fingerprint density at radius 3 is 2.08 bits per heavy atom. The molecule has 0 aromatic rings. The van der Waals surface area contributed by atoms with E-state index in [-0.39, 0.29) is 10.4 Å². The van der Waals surface area contributed by atoms with Gasteiger partial charge in [-0.05, 0) is 6.42 Å². The molecule has 0 rings (SSSR count). The van der Waals surface area contributed by atoms with E-state index in [1.807, 2.05) is 0 Å². The Morgan fingerprint density at radius 2 is 1.83 bits per heavy atom. The number of halogens is 2. The van der Waals surface area contributed by atoms with Crippen molar-refractivity contribution in [2.75, 3.05) is 0 Å². The van der Waals surface area contributed by atoms with Gasteiger partial charge in [-0.2, -0.15) is 0 Å². The average Bonchev–Trinajstić information content (AvgIpc) is 1.86. The molecule has 0 unspecified atom stereocenters. The van der Waals surface area contributed by atoms with Crippen LogP contribution in [0.3, 0.4) is 0 Å². The number of hydrogen-bond donors (Lipinski definition) is 1. The van der Waals surface area contributed by atoms with Crippen LogP contribution in [0, 0.1) is 0 Å². The zero-order valence-electron chi connectivity index (χ0n) is 7.28. The Morgan fingerprint density at radius 1 is 1.42 bits per heavy atom. The van der Waals surface area contributed by atoms with E-state index in [1.54, 1.807) is 0 Å². The number of unbranched alkanes of at least 4 members (excludes halogenated alkanes) is 2. The second-order valence-electron chi connectivity index (χ2n) is 2.26. The summed E-state index contributed by atoms with van der Waals surface area (Å²) in [4.78, 5) is 10.1. The van der Waals surface area contributed by atoms with Crippen LogP contribution in [0.4, 0.5) is 0 Å². The van der Waals surface area contributed by atoms with Crippen molar-refractivity contribution in [3.05, 3.63) is 11.1 Å². The summed E-state index contributed by atoms with van der Waals surface area (Å²) in [6.07, 6.45) is 3.76. The maximum absolute atomic E-state index is 10.1. The minimum Gasteiger partial charge on any atom is -0.370 e. The molecule has 0 aliphatic heterocycles. The van der Waals surface area contributed by atoms with Gasteiger partial charge >= 0.3 is 0 Å². The SMILES string of the molecule is C=C(Cl)Cl.CCCCCC(N)=O. The summed E-state index contributed by atoms with van der Waals surface area (Å²) in [6.45, 7) is 5.18. The Bertz CT molecular complexity index is 133. The van der Waals surface area contributed by atoms with E-state index in [9.17, 15) is 4.79 Å². The number of hydrogen-bond acceptors (Lipinski definition) is 1. The first-order valence-corrected chi connectivity index (χ1v) is 4.54. The fourth-order valence-electron chi connectivity index (χ4n) is 0.549. The summed E-state index contributed by atoms with van der Waals surface area (Å²) in [5.74, 6) is -0.182. The van der Waals surface area contributed by atoms with Gasteiger partial charge in [0.05, 0.1) is 4.49 Å². The van der Waals surface area contributed by atoms with Gasteiger partial charge in [0, 0.05) is 6.42 Å². The Hall–Kier alpha value is -0.210. The highest BCUT2D eigenvalue weighted by Gasteiger charge is 1.90. The van der Waals surface area contributed by atoms with Crippen molar-refractivity contribution in [2.45, 2.75) is 32.6 Å². The van der Waals surface area contributed by atoms with Crippen molar-refractivity contribution in [2.24, 2.45) is 5.73 Å². The molecule has 0 aromatic heterocycles. The zero-order chi connectivity index (χ0) is 9.98. The highest BCUT2D eigenvalue weighted by molar-refractivity contribution is 6.55. The van der Waals surface area contributed by atoms with Crippen LogP contribution >= 0.6 is 23.2 Å². The van der Waals surface area contributed by atoms with Crippen LogP contribution < -0.4 is 5.73 Å². The molecule has 0 atom stereocenters. The summed E-state index contributed by atoms with van der Waals surface area (Å²) >= 11 is 9.69. The van der Waals surface area contributed by atoms with Gasteiger partial charge in [0.15, 0.2) is 0 Å². The fourth-order valence-corrected chi connectivity index (χ4v) is 0.549. The first-order valence-electron chi connectivity index (χ1n) is 3.78. The molecular weight excluding hydrogens is 197 g/mol. The van der Waals surface area contributed by atoms with E-state index in [0.717, 1.165) is 19.3 Å². The van der Waals surface area contributed by atoms with Crippen LogP contribution in [0.2, 0.25) is 0 Å². The van der Waals surface area contributed by atoms with E-state index in [1.165, 1.54) is 0 Å². The van der Waals surface area contributed by atoms with E-state index < -0.39 is 0 Å². The molecule has 4 heteroatoms. The van der Waals surface area contributed by atoms with Gasteiger partial charge in [0.25, 0.3) is 0 Å². The summed E-state index contributed by atoms with van der Waals surface area (Å²) in [7, 11) is 0. The first kappa shape index (κ1) is 14.3. The normalized spacial score (nSPS) is 8.25. The van der Waals surface area contributed by atoms with Crippen LogP contribution in [0.15, 0.2) is 11.1 Å². The molecule has 12 heavy (non-hydrogen) atoms. The number of rotatable bonds is 4. The van der Waals surface area contributed by atoms with Gasteiger partial charge in [-0.3, -0.25) is 4.79 Å². The number of amides is 1. The third-order valence-corrected chi connectivity index (χ3v) is 1.03. The molecule has 1 amide bonds. The lowest BCUT2D eigenvalue weighted by Gasteiger charge is -1.90. The Kier molecular flexibility index (Phi) is 12.9. The quantitative estimate of drug-likeness (QED) is 0.715. The standard InChI is InChI=1S/C6H13NO.C2H2Cl2/c1-2-3-4-5-6(7)8;1-2(3)4/h2-5H2,1H3,(H2,7,8);1H2. The van der Waals surface area contributed by atoms with Crippen molar-refractivity contribution >= 4 is 29.1 Å². The predicted molar refractivity (Wildman–Crippen MR) is 54.2 cm³/mol. The summed E-state index contributed by atoms with van der Waals surface area (Å²) in [5, 5.41) is 0.